The Morgan fingerprint density at radius 1 is 1.42 bits per heavy atom. The summed E-state index contributed by atoms with van der Waals surface area (Å²) in [6.45, 7) is -0.0966. The smallest absolute Gasteiger partial charge is 0.243 e. The Bertz CT molecular complexity index is 523. The maximum Gasteiger partial charge on any atom is 0.243 e. The van der Waals surface area contributed by atoms with Crippen LogP contribution in [0.25, 0.3) is 0 Å². The van der Waals surface area contributed by atoms with Crippen LogP contribution in [0.3, 0.4) is 0 Å². The second-order valence-corrected chi connectivity index (χ2v) is 6.49. The van der Waals surface area contributed by atoms with Gasteiger partial charge in [0.15, 0.2) is 0 Å². The minimum Gasteiger partial charge on any atom is -0.395 e. The summed E-state index contributed by atoms with van der Waals surface area (Å²) < 4.78 is 44.0. The average molecular weight is 356 g/mol. The van der Waals surface area contributed by atoms with Gasteiger partial charge < -0.3 is 9.84 Å². The summed E-state index contributed by atoms with van der Waals surface area (Å²) in [5.41, 5.74) is 0. The van der Waals surface area contributed by atoms with Gasteiger partial charge in [-0.25, -0.2) is 12.8 Å². The van der Waals surface area contributed by atoms with E-state index in [-0.39, 0.29) is 35.7 Å². The van der Waals surface area contributed by atoms with Gasteiger partial charge in [0.25, 0.3) is 0 Å². The Kier molecular flexibility index (Phi) is 6.34. The fourth-order valence-electron chi connectivity index (χ4n) is 1.44. The SMILES string of the molecule is COCCN(CCO)S(=O)(=O)c1ccc(Br)c(F)c1. The van der Waals surface area contributed by atoms with Crippen LogP contribution in [-0.2, 0) is 14.8 Å². The van der Waals surface area contributed by atoms with Gasteiger partial charge >= 0.3 is 0 Å². The average Bonchev–Trinajstić information content (AvgIpc) is 2.37. The lowest BCUT2D eigenvalue weighted by atomic mass is 10.3. The molecule has 0 spiro atoms. The van der Waals surface area contributed by atoms with E-state index in [9.17, 15) is 12.8 Å². The molecule has 8 heteroatoms. The molecule has 0 radical (unpaired) electrons. The normalized spacial score (nSPS) is 12.1. The first-order valence-electron chi connectivity index (χ1n) is 5.48. The van der Waals surface area contributed by atoms with Gasteiger partial charge in [0.1, 0.15) is 5.82 Å². The highest BCUT2D eigenvalue weighted by atomic mass is 79.9. The topological polar surface area (TPSA) is 66.8 Å². The molecule has 1 aromatic carbocycles. The molecule has 0 saturated heterocycles. The van der Waals surface area contributed by atoms with E-state index in [0.717, 1.165) is 10.4 Å². The van der Waals surface area contributed by atoms with Gasteiger partial charge in [-0.3, -0.25) is 0 Å². The third-order valence-corrected chi connectivity index (χ3v) is 4.96. The molecule has 0 heterocycles. The van der Waals surface area contributed by atoms with Crippen LogP contribution in [0, 0.1) is 5.82 Å². The number of rotatable bonds is 7. The largest absolute Gasteiger partial charge is 0.395 e. The van der Waals surface area contributed by atoms with Crippen LogP contribution in [0.15, 0.2) is 27.6 Å². The fourth-order valence-corrected chi connectivity index (χ4v) is 3.12. The van der Waals surface area contributed by atoms with Crippen molar-refractivity contribution in [1.29, 1.82) is 0 Å². The van der Waals surface area contributed by atoms with E-state index in [1.165, 1.54) is 19.2 Å². The molecule has 5 nitrogen and oxygen atoms in total. The van der Waals surface area contributed by atoms with E-state index in [1.54, 1.807) is 0 Å². The van der Waals surface area contributed by atoms with Gasteiger partial charge in [0, 0.05) is 20.2 Å². The summed E-state index contributed by atoms with van der Waals surface area (Å²) in [4.78, 5) is -0.155. The molecule has 0 bridgehead atoms. The van der Waals surface area contributed by atoms with Crippen LogP contribution in [0.2, 0.25) is 0 Å². The number of methoxy groups -OCH3 is 1. The molecule has 19 heavy (non-hydrogen) atoms. The van der Waals surface area contributed by atoms with Crippen molar-refractivity contribution in [2.24, 2.45) is 0 Å². The molecule has 0 aliphatic carbocycles. The molecule has 1 rings (SSSR count). The van der Waals surface area contributed by atoms with Crippen molar-refractivity contribution >= 4 is 26.0 Å². The van der Waals surface area contributed by atoms with Gasteiger partial charge in [0.2, 0.25) is 10.0 Å². The molecule has 0 unspecified atom stereocenters. The zero-order chi connectivity index (χ0) is 14.5. The molecule has 0 fully saturated rings. The molecular weight excluding hydrogens is 341 g/mol. The molecule has 0 aromatic heterocycles. The second kappa shape index (κ2) is 7.30. The summed E-state index contributed by atoms with van der Waals surface area (Å²) in [7, 11) is -2.39. The first kappa shape index (κ1) is 16.5. The van der Waals surface area contributed by atoms with Crippen molar-refractivity contribution in [2.45, 2.75) is 4.90 Å². The van der Waals surface area contributed by atoms with Gasteiger partial charge in [0.05, 0.1) is 22.6 Å². The Balaban J connectivity index is 3.07. The minimum absolute atomic E-state index is 0.0661. The van der Waals surface area contributed by atoms with Gasteiger partial charge in [-0.15, -0.1) is 0 Å². The number of aliphatic hydroxyl groups is 1. The number of hydrogen-bond donors (Lipinski definition) is 1. The van der Waals surface area contributed by atoms with Crippen molar-refractivity contribution < 1.29 is 22.7 Å². The molecule has 0 aliphatic rings. The van der Waals surface area contributed by atoms with E-state index < -0.39 is 15.8 Å². The third-order valence-electron chi connectivity index (χ3n) is 2.42. The first-order valence-corrected chi connectivity index (χ1v) is 7.71. The maximum absolute atomic E-state index is 13.4. The molecule has 0 aliphatic heterocycles. The van der Waals surface area contributed by atoms with Crippen molar-refractivity contribution in [3.05, 3.63) is 28.5 Å². The lowest BCUT2D eigenvalue weighted by molar-refractivity contribution is 0.168. The molecule has 1 N–H and O–H groups in total. The van der Waals surface area contributed by atoms with Crippen molar-refractivity contribution in [3.8, 4) is 0 Å². The van der Waals surface area contributed by atoms with Gasteiger partial charge in [-0.2, -0.15) is 4.31 Å². The predicted molar refractivity (Wildman–Crippen MR) is 71.8 cm³/mol. The monoisotopic (exact) mass is 355 g/mol. The fraction of sp³-hybridized carbons (Fsp3) is 0.455. The number of nitrogens with zero attached hydrogens (tertiary/aromatic N) is 1. The lowest BCUT2D eigenvalue weighted by Crippen LogP contribution is -2.36. The van der Waals surface area contributed by atoms with Crippen LogP contribution >= 0.6 is 15.9 Å². The summed E-state index contributed by atoms with van der Waals surface area (Å²) in [5.74, 6) is -0.656. The Morgan fingerprint density at radius 3 is 2.63 bits per heavy atom. The lowest BCUT2D eigenvalue weighted by Gasteiger charge is -2.21. The summed E-state index contributed by atoms with van der Waals surface area (Å²) in [6.07, 6.45) is 0. The van der Waals surface area contributed by atoms with E-state index in [1.807, 2.05) is 0 Å². The van der Waals surface area contributed by atoms with E-state index in [2.05, 4.69) is 15.9 Å². The zero-order valence-electron chi connectivity index (χ0n) is 10.3. The highest BCUT2D eigenvalue weighted by molar-refractivity contribution is 9.10. The van der Waals surface area contributed by atoms with Crippen LogP contribution in [-0.4, -0.2) is 51.2 Å². The number of ether oxygens (including phenoxy) is 1. The molecule has 0 atom stereocenters. The first-order chi connectivity index (χ1) is 8.93. The van der Waals surface area contributed by atoms with Crippen LogP contribution in [0.4, 0.5) is 4.39 Å². The Hall–Kier alpha value is -0.540. The number of sulfonamides is 1. The number of halogens is 2. The van der Waals surface area contributed by atoms with E-state index >= 15 is 0 Å². The molecule has 0 saturated carbocycles. The molecular formula is C11H15BrFNO4S. The Morgan fingerprint density at radius 2 is 2.11 bits per heavy atom. The second-order valence-electron chi connectivity index (χ2n) is 3.70. The van der Waals surface area contributed by atoms with Crippen molar-refractivity contribution in [3.63, 3.8) is 0 Å². The number of aliphatic hydroxyl groups excluding tert-OH is 1. The highest BCUT2D eigenvalue weighted by Gasteiger charge is 2.24. The van der Waals surface area contributed by atoms with E-state index in [0.29, 0.717) is 0 Å². The standard InChI is InChI=1S/C11H15BrFNO4S/c1-18-7-5-14(4-6-15)19(16,17)9-2-3-10(12)11(13)8-9/h2-3,8,15H,4-7H2,1H3. The molecule has 108 valence electrons. The summed E-state index contributed by atoms with van der Waals surface area (Å²) >= 11 is 2.96. The number of hydrogen-bond acceptors (Lipinski definition) is 4. The third kappa shape index (κ3) is 4.22. The molecule has 1 aromatic rings. The summed E-state index contributed by atoms with van der Waals surface area (Å²) in [6, 6.07) is 3.58. The van der Waals surface area contributed by atoms with Crippen LogP contribution in [0.1, 0.15) is 0 Å². The van der Waals surface area contributed by atoms with Crippen molar-refractivity contribution in [1.82, 2.24) is 4.31 Å². The quantitative estimate of drug-likeness (QED) is 0.798. The van der Waals surface area contributed by atoms with Crippen LogP contribution in [0.5, 0.6) is 0 Å². The van der Waals surface area contributed by atoms with Gasteiger partial charge in [-0.05, 0) is 34.1 Å². The molecule has 0 amide bonds. The highest BCUT2D eigenvalue weighted by Crippen LogP contribution is 2.21. The van der Waals surface area contributed by atoms with Crippen molar-refractivity contribution in [2.75, 3.05) is 33.4 Å². The van der Waals surface area contributed by atoms with Crippen LogP contribution < -0.4 is 0 Å². The van der Waals surface area contributed by atoms with E-state index in [4.69, 9.17) is 9.84 Å². The summed E-state index contributed by atoms with van der Waals surface area (Å²) in [5, 5.41) is 8.92. The Labute approximate surface area is 120 Å². The maximum atomic E-state index is 13.4. The minimum atomic E-state index is -3.84. The number of benzene rings is 1. The zero-order valence-corrected chi connectivity index (χ0v) is 12.7. The predicted octanol–water partition coefficient (Wildman–Crippen LogP) is 1.22. The van der Waals surface area contributed by atoms with Gasteiger partial charge in [-0.1, -0.05) is 0 Å².